The van der Waals surface area contributed by atoms with Crippen LogP contribution < -0.4 is 5.56 Å². The van der Waals surface area contributed by atoms with Crippen molar-refractivity contribution in [3.05, 3.63) is 27.7 Å². The average Bonchev–Trinajstić information content (AvgIpc) is 1.96. The Kier molecular flexibility index (Phi) is 2.60. The number of aromatic amines is 1. The van der Waals surface area contributed by atoms with Gasteiger partial charge in [0.1, 0.15) is 0 Å². The van der Waals surface area contributed by atoms with Crippen LogP contribution in [-0.4, -0.2) is 15.4 Å². The van der Waals surface area contributed by atoms with E-state index in [1.807, 2.05) is 0 Å². The Balaban J connectivity index is 3.06. The summed E-state index contributed by atoms with van der Waals surface area (Å²) >= 11 is 5.12. The summed E-state index contributed by atoms with van der Waals surface area (Å²) < 4.78 is 0. The molecule has 1 aromatic heterocycles. The minimum Gasteiger partial charge on any atom is -0.281 e. The minimum atomic E-state index is -0.550. The summed E-state index contributed by atoms with van der Waals surface area (Å²) in [6.45, 7) is 1.72. The molecule has 0 radical (unpaired) electrons. The number of H-pyrrole nitrogens is 1. The Labute approximate surface area is 73.6 Å². The van der Waals surface area contributed by atoms with Gasteiger partial charge in [0.15, 0.2) is 0 Å². The maximum atomic E-state index is 11.0. The van der Waals surface area contributed by atoms with Crippen LogP contribution in [0, 0.1) is 6.92 Å². The van der Waals surface area contributed by atoms with Crippen LogP contribution in [0.2, 0.25) is 0 Å². The van der Waals surface area contributed by atoms with Gasteiger partial charge in [-0.2, -0.15) is 5.10 Å². The van der Waals surface area contributed by atoms with Crippen LogP contribution in [0.3, 0.4) is 0 Å². The van der Waals surface area contributed by atoms with Crippen molar-refractivity contribution in [3.8, 4) is 0 Å². The largest absolute Gasteiger partial charge is 0.281 e. The number of carbonyl (C=O) groups excluding carboxylic acids is 1. The predicted octanol–water partition coefficient (Wildman–Crippen LogP) is 0.386. The minimum absolute atomic E-state index is 0.0553. The molecule has 12 heavy (non-hydrogen) atoms. The standard InChI is InChI=1S/C7H7ClN2O2/c1-4-2-5(3-6(8)11)7(12)10-9-4/h2H,3H2,1H3,(H,10,12). The summed E-state index contributed by atoms with van der Waals surface area (Å²) in [5, 5.41) is 5.36. The van der Waals surface area contributed by atoms with Gasteiger partial charge in [-0.15, -0.1) is 0 Å². The Bertz CT molecular complexity index is 359. The first-order valence-corrected chi connectivity index (χ1v) is 3.71. The molecule has 0 saturated carbocycles. The lowest BCUT2D eigenvalue weighted by Gasteiger charge is -1.95. The van der Waals surface area contributed by atoms with Crippen LogP contribution in [0.15, 0.2) is 10.9 Å². The van der Waals surface area contributed by atoms with E-state index in [2.05, 4.69) is 10.2 Å². The Morgan fingerprint density at radius 2 is 2.42 bits per heavy atom. The van der Waals surface area contributed by atoms with Crippen molar-refractivity contribution in [1.82, 2.24) is 10.2 Å². The lowest BCUT2D eigenvalue weighted by molar-refractivity contribution is -0.111. The van der Waals surface area contributed by atoms with E-state index in [1.54, 1.807) is 13.0 Å². The zero-order chi connectivity index (χ0) is 9.14. The first-order chi connectivity index (χ1) is 5.59. The van der Waals surface area contributed by atoms with E-state index in [0.717, 1.165) is 0 Å². The third kappa shape index (κ3) is 2.17. The molecule has 5 heteroatoms. The summed E-state index contributed by atoms with van der Waals surface area (Å²) in [4.78, 5) is 21.4. The highest BCUT2D eigenvalue weighted by Crippen LogP contribution is 1.96. The van der Waals surface area contributed by atoms with Crippen LogP contribution in [-0.2, 0) is 11.2 Å². The maximum absolute atomic E-state index is 11.0. The van der Waals surface area contributed by atoms with Gasteiger partial charge in [0.05, 0.1) is 12.1 Å². The highest BCUT2D eigenvalue weighted by molar-refractivity contribution is 6.63. The zero-order valence-electron chi connectivity index (χ0n) is 6.43. The fourth-order valence-electron chi connectivity index (χ4n) is 0.842. The van der Waals surface area contributed by atoms with Crippen molar-refractivity contribution in [2.75, 3.05) is 0 Å². The van der Waals surface area contributed by atoms with Gasteiger partial charge in [0.25, 0.3) is 5.56 Å². The number of nitrogens with zero attached hydrogens (tertiary/aromatic N) is 1. The highest BCUT2D eigenvalue weighted by Gasteiger charge is 2.04. The molecule has 0 aliphatic carbocycles. The number of halogens is 1. The average molecular weight is 187 g/mol. The van der Waals surface area contributed by atoms with Gasteiger partial charge in [0, 0.05) is 5.56 Å². The molecule has 0 bridgehead atoms. The molecule has 1 heterocycles. The normalized spacial score (nSPS) is 9.83. The molecule has 1 rings (SSSR count). The molecule has 0 spiro atoms. The van der Waals surface area contributed by atoms with Crippen LogP contribution >= 0.6 is 11.6 Å². The summed E-state index contributed by atoms with van der Waals surface area (Å²) in [6, 6.07) is 1.54. The second-order valence-electron chi connectivity index (χ2n) is 2.40. The Hall–Kier alpha value is -1.16. The van der Waals surface area contributed by atoms with Crippen LogP contribution in [0.1, 0.15) is 11.3 Å². The number of hydrogen-bond acceptors (Lipinski definition) is 3. The van der Waals surface area contributed by atoms with Crippen molar-refractivity contribution in [3.63, 3.8) is 0 Å². The topological polar surface area (TPSA) is 62.8 Å². The fraction of sp³-hybridized carbons (Fsp3) is 0.286. The van der Waals surface area contributed by atoms with Gasteiger partial charge in [-0.3, -0.25) is 9.59 Å². The van der Waals surface area contributed by atoms with E-state index >= 15 is 0 Å². The van der Waals surface area contributed by atoms with Crippen molar-refractivity contribution < 1.29 is 4.79 Å². The molecular formula is C7H7ClN2O2. The van der Waals surface area contributed by atoms with Crippen LogP contribution in [0.25, 0.3) is 0 Å². The molecule has 4 nitrogen and oxygen atoms in total. The molecule has 1 N–H and O–H groups in total. The number of carbonyl (C=O) groups is 1. The van der Waals surface area contributed by atoms with Gasteiger partial charge in [-0.05, 0) is 24.6 Å². The van der Waals surface area contributed by atoms with E-state index in [1.165, 1.54) is 0 Å². The molecule has 0 aliphatic heterocycles. The number of nitrogens with one attached hydrogen (secondary N) is 1. The molecule has 0 aliphatic rings. The highest BCUT2D eigenvalue weighted by atomic mass is 35.5. The number of aryl methyl sites for hydroxylation is 1. The van der Waals surface area contributed by atoms with E-state index in [0.29, 0.717) is 11.3 Å². The third-order valence-electron chi connectivity index (χ3n) is 1.34. The SMILES string of the molecule is Cc1cc(CC(=O)Cl)c(=O)[nH]n1. The van der Waals surface area contributed by atoms with Crippen LogP contribution in [0.4, 0.5) is 0 Å². The third-order valence-corrected chi connectivity index (χ3v) is 1.47. The van der Waals surface area contributed by atoms with Crippen molar-refractivity contribution >= 4 is 16.8 Å². The molecule has 0 saturated heterocycles. The molecule has 64 valence electrons. The summed E-state index contributed by atoms with van der Waals surface area (Å²) in [5.74, 6) is 0. The van der Waals surface area contributed by atoms with Crippen LogP contribution in [0.5, 0.6) is 0 Å². The number of rotatable bonds is 2. The summed E-state index contributed by atoms with van der Waals surface area (Å²) in [6.07, 6.45) is -0.0553. The number of aromatic nitrogens is 2. The van der Waals surface area contributed by atoms with Crippen molar-refractivity contribution in [2.45, 2.75) is 13.3 Å². The van der Waals surface area contributed by atoms with Gasteiger partial charge in [-0.1, -0.05) is 0 Å². The first kappa shape index (κ1) is 8.93. The second-order valence-corrected chi connectivity index (χ2v) is 2.82. The lowest BCUT2D eigenvalue weighted by atomic mass is 10.2. The van der Waals surface area contributed by atoms with Crippen molar-refractivity contribution in [1.29, 1.82) is 0 Å². The summed E-state index contributed by atoms with van der Waals surface area (Å²) in [7, 11) is 0. The lowest BCUT2D eigenvalue weighted by Crippen LogP contribution is -2.16. The maximum Gasteiger partial charge on any atom is 0.267 e. The smallest absolute Gasteiger partial charge is 0.267 e. The van der Waals surface area contributed by atoms with Crippen molar-refractivity contribution in [2.24, 2.45) is 0 Å². The van der Waals surface area contributed by atoms with Gasteiger partial charge < -0.3 is 0 Å². The van der Waals surface area contributed by atoms with E-state index in [9.17, 15) is 9.59 Å². The quantitative estimate of drug-likeness (QED) is 0.680. The Morgan fingerprint density at radius 3 is 3.00 bits per heavy atom. The zero-order valence-corrected chi connectivity index (χ0v) is 7.18. The molecule has 0 unspecified atom stereocenters. The molecule has 0 atom stereocenters. The molecule has 0 fully saturated rings. The molecular weight excluding hydrogens is 180 g/mol. The van der Waals surface area contributed by atoms with E-state index < -0.39 is 5.24 Å². The Morgan fingerprint density at radius 1 is 1.75 bits per heavy atom. The van der Waals surface area contributed by atoms with Gasteiger partial charge in [0.2, 0.25) is 5.24 Å². The van der Waals surface area contributed by atoms with E-state index in [4.69, 9.17) is 11.6 Å². The molecule has 1 aromatic rings. The number of hydrogen-bond donors (Lipinski definition) is 1. The van der Waals surface area contributed by atoms with E-state index in [-0.39, 0.29) is 12.0 Å². The molecule has 0 aromatic carbocycles. The monoisotopic (exact) mass is 186 g/mol. The summed E-state index contributed by atoms with van der Waals surface area (Å²) in [5.41, 5.74) is 0.639. The second kappa shape index (κ2) is 3.49. The van der Waals surface area contributed by atoms with Gasteiger partial charge >= 0.3 is 0 Å². The fourth-order valence-corrected chi connectivity index (χ4v) is 0.986. The molecule has 0 amide bonds. The first-order valence-electron chi connectivity index (χ1n) is 3.33. The predicted molar refractivity (Wildman–Crippen MR) is 44.2 cm³/mol. The van der Waals surface area contributed by atoms with Gasteiger partial charge in [-0.25, -0.2) is 5.10 Å².